The summed E-state index contributed by atoms with van der Waals surface area (Å²) in [6.45, 7) is 7.55. The molecule has 10 heteroatoms. The molecule has 0 unspecified atom stereocenters. The topological polar surface area (TPSA) is 103 Å². The number of hydrogen-bond donors (Lipinski definition) is 1. The molecular weight excluding hydrogens is 494 g/mol. The van der Waals surface area contributed by atoms with Gasteiger partial charge in [0.15, 0.2) is 16.7 Å². The molecule has 3 heterocycles. The van der Waals surface area contributed by atoms with Crippen LogP contribution < -0.4 is 14.8 Å². The van der Waals surface area contributed by atoms with Crippen molar-refractivity contribution in [2.45, 2.75) is 52.3 Å². The summed E-state index contributed by atoms with van der Waals surface area (Å²) in [6, 6.07) is 8.50. The van der Waals surface area contributed by atoms with Crippen molar-refractivity contribution in [2.24, 2.45) is 4.99 Å². The number of nitrogens with one attached hydrogen (secondary N) is 1. The summed E-state index contributed by atoms with van der Waals surface area (Å²) in [6.07, 6.45) is 1.66. The number of carbonyl (C=O) groups is 2. The second-order valence-electron chi connectivity index (χ2n) is 9.54. The number of benzene rings is 1. The molecule has 0 fully saturated rings. The lowest BCUT2D eigenvalue weighted by atomic mass is 9.93. The predicted octanol–water partition coefficient (Wildman–Crippen LogP) is 4.92. The number of amidine groups is 1. The van der Waals surface area contributed by atoms with E-state index in [0.717, 1.165) is 5.56 Å². The number of esters is 1. The van der Waals surface area contributed by atoms with Crippen LogP contribution in [0.2, 0.25) is 0 Å². The summed E-state index contributed by atoms with van der Waals surface area (Å²) in [5, 5.41) is 5.45. The Balaban J connectivity index is 1.70. The van der Waals surface area contributed by atoms with E-state index in [1.165, 1.54) is 11.8 Å². The lowest BCUT2D eigenvalue weighted by Gasteiger charge is -2.37. The molecule has 1 amide bonds. The molecule has 0 radical (unpaired) electrons. The first kappa shape index (κ1) is 26.4. The van der Waals surface area contributed by atoms with E-state index in [1.54, 1.807) is 45.6 Å². The van der Waals surface area contributed by atoms with Gasteiger partial charge in [-0.2, -0.15) is 0 Å². The summed E-state index contributed by atoms with van der Waals surface area (Å²) >= 11 is 1.41. The fourth-order valence-corrected chi connectivity index (χ4v) is 5.09. The zero-order valence-corrected chi connectivity index (χ0v) is 22.6. The predicted molar refractivity (Wildman–Crippen MR) is 141 cm³/mol. The van der Waals surface area contributed by atoms with E-state index in [-0.39, 0.29) is 18.9 Å². The largest absolute Gasteiger partial charge is 0.493 e. The molecule has 1 N–H and O–H groups in total. The molecule has 0 saturated carbocycles. The molecule has 4 rings (SSSR count). The van der Waals surface area contributed by atoms with Crippen LogP contribution in [0.1, 0.15) is 51.5 Å². The maximum absolute atomic E-state index is 13.5. The van der Waals surface area contributed by atoms with Gasteiger partial charge in [-0.25, -0.2) is 9.79 Å². The first-order valence-corrected chi connectivity index (χ1v) is 12.7. The molecule has 0 saturated heterocycles. The number of allylic oxidation sites excluding steroid dienone is 1. The number of nitrogens with zero attached hydrogens (tertiary/aromatic N) is 2. The van der Waals surface area contributed by atoms with Crippen LogP contribution in [0.15, 0.2) is 68.4 Å². The lowest BCUT2D eigenvalue weighted by Crippen LogP contribution is -2.39. The van der Waals surface area contributed by atoms with E-state index in [9.17, 15) is 9.59 Å². The van der Waals surface area contributed by atoms with Crippen molar-refractivity contribution in [3.63, 3.8) is 0 Å². The van der Waals surface area contributed by atoms with E-state index in [4.69, 9.17) is 23.6 Å². The molecule has 37 heavy (non-hydrogen) atoms. The maximum Gasteiger partial charge on any atom is 0.338 e. The molecule has 2 aliphatic rings. The van der Waals surface area contributed by atoms with Crippen molar-refractivity contribution in [2.75, 3.05) is 14.2 Å². The molecule has 1 atom stereocenters. The van der Waals surface area contributed by atoms with Gasteiger partial charge < -0.3 is 28.8 Å². The summed E-state index contributed by atoms with van der Waals surface area (Å²) < 4.78 is 22.0. The molecule has 196 valence electrons. The molecule has 2 aromatic rings. The number of fused-ring (bicyclic) bond motifs is 1. The van der Waals surface area contributed by atoms with Crippen LogP contribution in [-0.4, -0.2) is 41.8 Å². The number of rotatable bonds is 8. The van der Waals surface area contributed by atoms with Crippen molar-refractivity contribution >= 4 is 28.8 Å². The SMILES string of the molecule is COc1ccc([C@H]2C(C(=O)OC(C)(C)C)=C(C)N=C3SC=C(CC(=O)NCc4ccco4)N32)cc1OC. The van der Waals surface area contributed by atoms with Crippen molar-refractivity contribution in [1.82, 2.24) is 10.2 Å². The quantitative estimate of drug-likeness (QED) is 0.485. The number of aliphatic imine (C=N–C) groups is 1. The van der Waals surface area contributed by atoms with Crippen molar-refractivity contribution in [3.05, 3.63) is 70.3 Å². The average molecular weight is 526 g/mol. The van der Waals surface area contributed by atoms with Crippen LogP contribution in [-0.2, 0) is 20.9 Å². The van der Waals surface area contributed by atoms with Crippen LogP contribution in [0, 0.1) is 0 Å². The highest BCUT2D eigenvalue weighted by Crippen LogP contribution is 2.46. The number of amides is 1. The van der Waals surface area contributed by atoms with Gasteiger partial charge in [-0.15, -0.1) is 0 Å². The Morgan fingerprint density at radius 3 is 2.57 bits per heavy atom. The first-order chi connectivity index (χ1) is 17.6. The Hall–Kier alpha value is -3.66. The second kappa shape index (κ2) is 10.8. The Morgan fingerprint density at radius 1 is 1.16 bits per heavy atom. The molecule has 1 aromatic heterocycles. The zero-order valence-electron chi connectivity index (χ0n) is 21.8. The van der Waals surface area contributed by atoms with Gasteiger partial charge in [0.2, 0.25) is 5.91 Å². The zero-order chi connectivity index (χ0) is 26.7. The summed E-state index contributed by atoms with van der Waals surface area (Å²) in [5.74, 6) is 1.11. The van der Waals surface area contributed by atoms with Gasteiger partial charge in [-0.05, 0) is 62.9 Å². The second-order valence-corrected chi connectivity index (χ2v) is 10.4. The van der Waals surface area contributed by atoms with Crippen LogP contribution in [0.25, 0.3) is 0 Å². The van der Waals surface area contributed by atoms with E-state index < -0.39 is 17.6 Å². The number of furan rings is 1. The summed E-state index contributed by atoms with van der Waals surface area (Å²) in [5.41, 5.74) is 1.75. The van der Waals surface area contributed by atoms with E-state index in [0.29, 0.717) is 39.4 Å². The molecular formula is C27H31N3O6S. The molecule has 2 aliphatic heterocycles. The molecule has 0 aliphatic carbocycles. The highest BCUT2D eigenvalue weighted by atomic mass is 32.2. The van der Waals surface area contributed by atoms with Crippen LogP contribution in [0.4, 0.5) is 0 Å². The fourth-order valence-electron chi connectivity index (χ4n) is 4.13. The van der Waals surface area contributed by atoms with Gasteiger partial charge in [0.25, 0.3) is 0 Å². The van der Waals surface area contributed by atoms with Gasteiger partial charge in [0.1, 0.15) is 11.4 Å². The Kier molecular flexibility index (Phi) is 7.68. The monoisotopic (exact) mass is 525 g/mol. The van der Waals surface area contributed by atoms with Crippen molar-refractivity contribution in [1.29, 1.82) is 0 Å². The number of hydrogen-bond acceptors (Lipinski definition) is 9. The average Bonchev–Trinajstić information content (AvgIpc) is 3.50. The maximum atomic E-state index is 13.5. The summed E-state index contributed by atoms with van der Waals surface area (Å²) in [4.78, 5) is 33.0. The number of methoxy groups -OCH3 is 2. The van der Waals surface area contributed by atoms with Crippen LogP contribution in [0.5, 0.6) is 11.5 Å². The van der Waals surface area contributed by atoms with Crippen molar-refractivity contribution in [3.8, 4) is 11.5 Å². The molecule has 9 nitrogen and oxygen atoms in total. The molecule has 0 bridgehead atoms. The normalized spacial score (nSPS) is 17.1. The Labute approximate surface area is 220 Å². The van der Waals surface area contributed by atoms with Gasteiger partial charge >= 0.3 is 5.97 Å². The third-order valence-corrected chi connectivity index (χ3v) is 6.61. The number of ether oxygens (including phenoxy) is 3. The minimum atomic E-state index is -0.694. The molecule has 0 spiro atoms. The van der Waals surface area contributed by atoms with E-state index >= 15 is 0 Å². The minimum absolute atomic E-state index is 0.0944. The smallest absolute Gasteiger partial charge is 0.338 e. The standard InChI is InChI=1S/C27H31N3O6S/c1-16-23(25(32)36-27(2,3)4)24(17-9-10-20(33-5)21(12-17)34-6)30-18(15-37-26(30)29-16)13-22(31)28-14-19-8-7-11-35-19/h7-12,15,24H,13-14H2,1-6H3,(H,28,31)/t24-/m0/s1. The summed E-state index contributed by atoms with van der Waals surface area (Å²) in [7, 11) is 3.13. The minimum Gasteiger partial charge on any atom is -0.493 e. The van der Waals surface area contributed by atoms with Gasteiger partial charge in [0.05, 0.1) is 50.8 Å². The van der Waals surface area contributed by atoms with Crippen LogP contribution in [0.3, 0.4) is 0 Å². The third-order valence-electron chi connectivity index (χ3n) is 5.72. The van der Waals surface area contributed by atoms with Gasteiger partial charge in [0, 0.05) is 5.70 Å². The highest BCUT2D eigenvalue weighted by molar-refractivity contribution is 8.16. The van der Waals surface area contributed by atoms with Gasteiger partial charge in [-0.1, -0.05) is 17.8 Å². The van der Waals surface area contributed by atoms with Crippen molar-refractivity contribution < 1.29 is 28.2 Å². The molecule has 1 aromatic carbocycles. The highest BCUT2D eigenvalue weighted by Gasteiger charge is 2.42. The van der Waals surface area contributed by atoms with E-state index in [2.05, 4.69) is 5.32 Å². The Bertz CT molecular complexity index is 1270. The van der Waals surface area contributed by atoms with E-state index in [1.807, 2.05) is 43.2 Å². The fraction of sp³-hybridized carbons (Fsp3) is 0.370. The Morgan fingerprint density at radius 2 is 1.92 bits per heavy atom. The van der Waals surface area contributed by atoms with Crippen LogP contribution >= 0.6 is 11.8 Å². The lowest BCUT2D eigenvalue weighted by molar-refractivity contribution is -0.150. The first-order valence-electron chi connectivity index (χ1n) is 11.8. The third kappa shape index (κ3) is 5.85. The van der Waals surface area contributed by atoms with Gasteiger partial charge in [-0.3, -0.25) is 4.79 Å². The number of carbonyl (C=O) groups excluding carboxylic acids is 2. The number of thioether (sulfide) groups is 1.